The van der Waals surface area contributed by atoms with Gasteiger partial charge in [-0.25, -0.2) is 5.43 Å². The summed E-state index contributed by atoms with van der Waals surface area (Å²) >= 11 is 5.94. The third-order valence-corrected chi connectivity index (χ3v) is 5.66. The number of nitrogens with zero attached hydrogens (tertiary/aromatic N) is 1. The van der Waals surface area contributed by atoms with Crippen molar-refractivity contribution in [3.05, 3.63) is 28.8 Å². The number of halogens is 1. The fourth-order valence-electron chi connectivity index (χ4n) is 4.06. The molecule has 1 aromatic rings. The Morgan fingerprint density at radius 1 is 1.38 bits per heavy atom. The lowest BCUT2D eigenvalue weighted by Gasteiger charge is -2.21. The summed E-state index contributed by atoms with van der Waals surface area (Å²) < 4.78 is 5.73. The number of amides is 1. The standard InChI is InChI=1S/C19H25ClN2O2/c1-11-8-16(20)6-7-18(11)24-13(3)19(23)22-21-12(2)17-10-14-4-5-15(17)9-14/h6-8,13-15,17H,4-5,9-10H2,1-3H3,(H,22,23)/b21-12+/t13-,14-,15-,17+/m1/s1. The normalized spacial score (nSPS) is 27.2. The van der Waals surface area contributed by atoms with Crippen LogP contribution in [0, 0.1) is 24.7 Å². The molecule has 2 saturated carbocycles. The van der Waals surface area contributed by atoms with E-state index in [9.17, 15) is 4.79 Å². The van der Waals surface area contributed by atoms with Gasteiger partial charge in [0.25, 0.3) is 5.91 Å². The molecule has 24 heavy (non-hydrogen) atoms. The van der Waals surface area contributed by atoms with Gasteiger partial charge in [0.1, 0.15) is 5.75 Å². The molecule has 2 fully saturated rings. The Morgan fingerprint density at radius 3 is 2.79 bits per heavy atom. The fourth-order valence-corrected chi connectivity index (χ4v) is 4.29. The Morgan fingerprint density at radius 2 is 2.17 bits per heavy atom. The molecule has 0 radical (unpaired) electrons. The van der Waals surface area contributed by atoms with Gasteiger partial charge in [-0.1, -0.05) is 18.0 Å². The van der Waals surface area contributed by atoms with Gasteiger partial charge >= 0.3 is 0 Å². The first kappa shape index (κ1) is 17.3. The van der Waals surface area contributed by atoms with E-state index in [1.807, 2.05) is 19.9 Å². The molecule has 2 aliphatic carbocycles. The van der Waals surface area contributed by atoms with Gasteiger partial charge in [-0.05, 0) is 75.6 Å². The maximum atomic E-state index is 12.2. The predicted octanol–water partition coefficient (Wildman–Crippen LogP) is 4.34. The molecular weight excluding hydrogens is 324 g/mol. The molecule has 2 aliphatic rings. The molecule has 5 heteroatoms. The summed E-state index contributed by atoms with van der Waals surface area (Å²) in [6.07, 6.45) is 4.63. The minimum atomic E-state index is -0.610. The van der Waals surface area contributed by atoms with E-state index in [1.165, 1.54) is 25.7 Å². The number of hydrogen-bond donors (Lipinski definition) is 1. The Kier molecular flexibility index (Phi) is 5.14. The smallest absolute Gasteiger partial charge is 0.280 e. The lowest BCUT2D eigenvalue weighted by molar-refractivity contribution is -0.127. The Labute approximate surface area is 148 Å². The van der Waals surface area contributed by atoms with Gasteiger partial charge in [-0.3, -0.25) is 4.79 Å². The van der Waals surface area contributed by atoms with E-state index in [0.29, 0.717) is 16.7 Å². The van der Waals surface area contributed by atoms with Crippen LogP contribution in [0.5, 0.6) is 5.75 Å². The van der Waals surface area contributed by atoms with E-state index < -0.39 is 6.10 Å². The van der Waals surface area contributed by atoms with Crippen LogP contribution in [0.25, 0.3) is 0 Å². The zero-order valence-electron chi connectivity index (χ0n) is 14.5. The summed E-state index contributed by atoms with van der Waals surface area (Å²) in [6.45, 7) is 5.66. The van der Waals surface area contributed by atoms with E-state index in [0.717, 1.165) is 23.1 Å². The van der Waals surface area contributed by atoms with E-state index in [4.69, 9.17) is 16.3 Å². The highest BCUT2D eigenvalue weighted by Gasteiger charge is 2.40. The third kappa shape index (κ3) is 3.75. The fraction of sp³-hybridized carbons (Fsp3) is 0.579. The summed E-state index contributed by atoms with van der Waals surface area (Å²) in [7, 11) is 0. The van der Waals surface area contributed by atoms with Gasteiger partial charge in [0.05, 0.1) is 0 Å². The van der Waals surface area contributed by atoms with Crippen molar-refractivity contribution in [2.75, 3.05) is 0 Å². The van der Waals surface area contributed by atoms with E-state index >= 15 is 0 Å². The minimum Gasteiger partial charge on any atom is -0.481 e. The lowest BCUT2D eigenvalue weighted by atomic mass is 9.86. The van der Waals surface area contributed by atoms with Crippen molar-refractivity contribution < 1.29 is 9.53 Å². The van der Waals surface area contributed by atoms with Crippen LogP contribution in [0.2, 0.25) is 5.02 Å². The van der Waals surface area contributed by atoms with E-state index in [1.54, 1.807) is 19.1 Å². The number of ether oxygens (including phenoxy) is 1. The van der Waals surface area contributed by atoms with Crippen molar-refractivity contribution in [3.8, 4) is 5.75 Å². The third-order valence-electron chi connectivity index (χ3n) is 5.43. The number of hydrogen-bond acceptors (Lipinski definition) is 3. The molecule has 1 N–H and O–H groups in total. The minimum absolute atomic E-state index is 0.230. The van der Waals surface area contributed by atoms with Crippen LogP contribution in [-0.2, 0) is 4.79 Å². The maximum absolute atomic E-state index is 12.2. The molecule has 0 spiro atoms. The average molecular weight is 349 g/mol. The molecule has 4 nitrogen and oxygen atoms in total. The highest BCUT2D eigenvalue weighted by molar-refractivity contribution is 6.30. The molecule has 130 valence electrons. The SMILES string of the molecule is C/C(=N\NC(=O)[C@@H](C)Oc1ccc(Cl)cc1C)[C@@H]1C[C@@H]2CC[C@@H]1C2. The second kappa shape index (κ2) is 7.14. The van der Waals surface area contributed by atoms with Crippen molar-refractivity contribution in [2.45, 2.75) is 52.6 Å². The molecule has 1 amide bonds. The molecule has 0 unspecified atom stereocenters. The van der Waals surface area contributed by atoms with E-state index in [-0.39, 0.29) is 5.91 Å². The number of fused-ring (bicyclic) bond motifs is 2. The van der Waals surface area contributed by atoms with Gasteiger partial charge in [0.2, 0.25) is 0 Å². The van der Waals surface area contributed by atoms with Gasteiger partial charge in [-0.15, -0.1) is 0 Å². The summed E-state index contributed by atoms with van der Waals surface area (Å²) in [5, 5.41) is 5.00. The summed E-state index contributed by atoms with van der Waals surface area (Å²) in [4.78, 5) is 12.2. The summed E-state index contributed by atoms with van der Waals surface area (Å²) in [6, 6.07) is 5.36. The predicted molar refractivity (Wildman–Crippen MR) is 96.5 cm³/mol. The van der Waals surface area contributed by atoms with Gasteiger partial charge < -0.3 is 4.74 Å². The molecule has 4 atom stereocenters. The molecule has 0 heterocycles. The zero-order valence-corrected chi connectivity index (χ0v) is 15.3. The number of aryl methyl sites for hydroxylation is 1. The van der Waals surface area contributed by atoms with Crippen molar-refractivity contribution >= 4 is 23.2 Å². The van der Waals surface area contributed by atoms with Crippen LogP contribution in [0.3, 0.4) is 0 Å². The molecule has 3 rings (SSSR count). The molecule has 0 aliphatic heterocycles. The van der Waals surface area contributed by atoms with Crippen LogP contribution in [0.4, 0.5) is 0 Å². The second-order valence-electron chi connectivity index (χ2n) is 7.18. The highest BCUT2D eigenvalue weighted by Crippen LogP contribution is 2.48. The number of nitrogens with one attached hydrogen (secondary N) is 1. The van der Waals surface area contributed by atoms with Crippen LogP contribution in [-0.4, -0.2) is 17.7 Å². The molecular formula is C19H25ClN2O2. The monoisotopic (exact) mass is 348 g/mol. The number of rotatable bonds is 5. The van der Waals surface area contributed by atoms with E-state index in [2.05, 4.69) is 10.5 Å². The summed E-state index contributed by atoms with van der Waals surface area (Å²) in [5.41, 5.74) is 4.62. The molecule has 2 bridgehead atoms. The quantitative estimate of drug-likeness (QED) is 0.635. The zero-order chi connectivity index (χ0) is 17.3. The Hall–Kier alpha value is -1.55. The van der Waals surface area contributed by atoms with Gasteiger partial charge in [0.15, 0.2) is 6.10 Å². The first-order valence-electron chi connectivity index (χ1n) is 8.71. The van der Waals surface area contributed by atoms with Gasteiger partial charge in [0, 0.05) is 16.7 Å². The van der Waals surface area contributed by atoms with Gasteiger partial charge in [-0.2, -0.15) is 5.10 Å². The topological polar surface area (TPSA) is 50.7 Å². The number of carbonyl (C=O) groups excluding carboxylic acids is 1. The van der Waals surface area contributed by atoms with Crippen LogP contribution >= 0.6 is 11.6 Å². The van der Waals surface area contributed by atoms with Crippen LogP contribution in [0.15, 0.2) is 23.3 Å². The maximum Gasteiger partial charge on any atom is 0.280 e. The highest BCUT2D eigenvalue weighted by atomic mass is 35.5. The molecule has 1 aromatic carbocycles. The largest absolute Gasteiger partial charge is 0.481 e. The first-order chi connectivity index (χ1) is 11.4. The van der Waals surface area contributed by atoms with Crippen LogP contribution in [0.1, 0.15) is 45.1 Å². The van der Waals surface area contributed by atoms with Crippen LogP contribution < -0.4 is 10.2 Å². The van der Waals surface area contributed by atoms with Crippen molar-refractivity contribution in [1.29, 1.82) is 0 Å². The Balaban J connectivity index is 1.55. The Bertz CT molecular complexity index is 659. The first-order valence-corrected chi connectivity index (χ1v) is 9.08. The van der Waals surface area contributed by atoms with Crippen molar-refractivity contribution in [3.63, 3.8) is 0 Å². The summed E-state index contributed by atoms with van der Waals surface area (Å²) in [5.74, 6) is 2.61. The average Bonchev–Trinajstić information content (AvgIpc) is 3.17. The lowest BCUT2D eigenvalue weighted by Crippen LogP contribution is -2.34. The number of hydrazone groups is 1. The van der Waals surface area contributed by atoms with Crippen molar-refractivity contribution in [1.82, 2.24) is 5.43 Å². The molecule has 0 saturated heterocycles. The van der Waals surface area contributed by atoms with Crippen molar-refractivity contribution in [2.24, 2.45) is 22.9 Å². The molecule has 0 aromatic heterocycles. The number of benzene rings is 1. The number of carbonyl (C=O) groups is 1. The second-order valence-corrected chi connectivity index (χ2v) is 7.62.